The predicted molar refractivity (Wildman–Crippen MR) is 148 cm³/mol. The number of ether oxygens (including phenoxy) is 3. The van der Waals surface area contributed by atoms with Gasteiger partial charge < -0.3 is 29.3 Å². The maximum atomic E-state index is 13.3. The standard InChI is InChI=1S/C29H39ClN2O7/c1-16-8-7-9-24(38-6)29(36)15-22(39-27(35)31-29)17(2)19-14-28(19,3)23(33)13-25(34)32(4)20-11-18(10-16)12-21(37-5)26(20)30/h7-9,11-12,17,19,22-24,33,36H,10,13-15H2,1-6H3,(H,31,35)/b9-7+,16-8+/t17?,19-,22?,23?,24?,28+,29?/m0/s1. The van der Waals surface area contributed by atoms with E-state index >= 15 is 0 Å². The predicted octanol–water partition coefficient (Wildman–Crippen LogP) is 3.99. The van der Waals surface area contributed by atoms with E-state index in [0.717, 1.165) is 11.1 Å². The molecule has 0 radical (unpaired) electrons. The van der Waals surface area contributed by atoms with Gasteiger partial charge in [0.15, 0.2) is 5.72 Å². The molecule has 1 saturated carbocycles. The maximum absolute atomic E-state index is 13.3. The summed E-state index contributed by atoms with van der Waals surface area (Å²) in [5, 5.41) is 25.5. The Kier molecular flexibility index (Phi) is 8.38. The van der Waals surface area contributed by atoms with Crippen LogP contribution in [-0.4, -0.2) is 67.5 Å². The fraction of sp³-hybridized carbons (Fsp3) is 0.586. The van der Waals surface area contributed by atoms with Crippen LogP contribution in [0.15, 0.2) is 35.9 Å². The molecule has 1 aliphatic carbocycles. The highest BCUT2D eigenvalue weighted by atomic mass is 35.5. The summed E-state index contributed by atoms with van der Waals surface area (Å²) in [6, 6.07) is 3.68. The molecule has 2 aliphatic heterocycles. The van der Waals surface area contributed by atoms with Crippen molar-refractivity contribution in [2.75, 3.05) is 26.2 Å². The Hall–Kier alpha value is -2.59. The van der Waals surface area contributed by atoms with Crippen LogP contribution in [0.4, 0.5) is 10.5 Å². The van der Waals surface area contributed by atoms with Crippen LogP contribution in [0.3, 0.4) is 0 Å². The minimum absolute atomic E-state index is 0.0121. The summed E-state index contributed by atoms with van der Waals surface area (Å²) in [5.74, 6) is -0.00805. The quantitative estimate of drug-likeness (QED) is 0.499. The number of aliphatic hydroxyl groups is 2. The van der Waals surface area contributed by atoms with Crippen LogP contribution in [0.1, 0.15) is 45.6 Å². The van der Waals surface area contributed by atoms with Crippen LogP contribution in [0.2, 0.25) is 5.02 Å². The third-order valence-corrected chi connectivity index (χ3v) is 9.08. The molecule has 0 spiro atoms. The number of rotatable bonds is 2. The first kappa shape index (κ1) is 29.4. The third kappa shape index (κ3) is 5.82. The fourth-order valence-corrected chi connectivity index (χ4v) is 6.32. The highest BCUT2D eigenvalue weighted by Crippen LogP contribution is 2.60. The maximum Gasteiger partial charge on any atom is 0.409 e. The van der Waals surface area contributed by atoms with Crippen molar-refractivity contribution in [3.63, 3.8) is 0 Å². The number of methoxy groups -OCH3 is 2. The van der Waals surface area contributed by atoms with Crippen LogP contribution in [0, 0.1) is 17.3 Å². The van der Waals surface area contributed by atoms with Crippen molar-refractivity contribution < 1.29 is 34.0 Å². The minimum Gasteiger partial charge on any atom is -0.495 e. The average Bonchev–Trinajstić information content (AvgIpc) is 3.58. The fourth-order valence-electron chi connectivity index (χ4n) is 6.00. The highest BCUT2D eigenvalue weighted by Gasteiger charge is 2.60. The number of aliphatic hydroxyl groups excluding tert-OH is 1. The van der Waals surface area contributed by atoms with Gasteiger partial charge in [-0.05, 0) is 54.7 Å². The van der Waals surface area contributed by atoms with Gasteiger partial charge in [-0.25, -0.2) is 4.79 Å². The molecule has 1 saturated heterocycles. The average molecular weight is 563 g/mol. The van der Waals surface area contributed by atoms with Crippen LogP contribution in [-0.2, 0) is 20.7 Å². The van der Waals surface area contributed by atoms with Gasteiger partial charge in [-0.1, -0.05) is 49.2 Å². The molecule has 7 atom stereocenters. The normalized spacial score (nSPS) is 37.6. The lowest BCUT2D eigenvalue weighted by Crippen LogP contribution is -2.63. The molecule has 2 heterocycles. The summed E-state index contributed by atoms with van der Waals surface area (Å²) in [6.07, 6.45) is 3.55. The van der Waals surface area contributed by atoms with E-state index in [1.807, 2.05) is 39.0 Å². The number of nitrogens with one attached hydrogen (secondary N) is 1. The molecule has 9 nitrogen and oxygen atoms in total. The Morgan fingerprint density at radius 1 is 1.23 bits per heavy atom. The molecule has 214 valence electrons. The lowest BCUT2D eigenvalue weighted by Gasteiger charge is -2.42. The number of hydrogen-bond acceptors (Lipinski definition) is 7. The molecule has 2 amide bonds. The van der Waals surface area contributed by atoms with Gasteiger partial charge in [-0.3, -0.25) is 10.1 Å². The molecule has 4 rings (SSSR count). The summed E-state index contributed by atoms with van der Waals surface area (Å²) in [4.78, 5) is 27.3. The van der Waals surface area contributed by atoms with Crippen molar-refractivity contribution in [1.82, 2.24) is 5.32 Å². The number of hydrogen-bond donors (Lipinski definition) is 3. The Bertz CT molecular complexity index is 1190. The first-order chi connectivity index (χ1) is 18.3. The van der Waals surface area contributed by atoms with E-state index in [2.05, 4.69) is 5.32 Å². The molecule has 5 unspecified atom stereocenters. The molecule has 3 aliphatic rings. The summed E-state index contributed by atoms with van der Waals surface area (Å²) < 4.78 is 16.7. The van der Waals surface area contributed by atoms with E-state index in [1.54, 1.807) is 19.2 Å². The van der Waals surface area contributed by atoms with Crippen molar-refractivity contribution in [2.45, 2.75) is 70.5 Å². The molecule has 1 aromatic rings. The van der Waals surface area contributed by atoms with Crippen LogP contribution in [0.5, 0.6) is 5.75 Å². The van der Waals surface area contributed by atoms with E-state index < -0.39 is 35.5 Å². The highest BCUT2D eigenvalue weighted by molar-refractivity contribution is 6.35. The van der Waals surface area contributed by atoms with Gasteiger partial charge in [0.2, 0.25) is 5.91 Å². The molecule has 4 bridgehead atoms. The SMILES string of the molecule is COc1cc2cc(c1Cl)N(C)C(=O)CC(O)[C@]1(C)C[C@H]1C(C)C1CC(O)(NC(=O)O1)C(OC)/C=C/C=C(\C)C2. The first-order valence-electron chi connectivity index (χ1n) is 13.2. The zero-order valence-corrected chi connectivity index (χ0v) is 24.1. The number of alkyl carbamates (subject to hydrolysis) is 1. The number of halogens is 1. The van der Waals surface area contributed by atoms with E-state index in [4.69, 9.17) is 25.8 Å². The van der Waals surface area contributed by atoms with E-state index in [9.17, 15) is 19.8 Å². The zero-order valence-electron chi connectivity index (χ0n) is 23.4. The largest absolute Gasteiger partial charge is 0.495 e. The molecular weight excluding hydrogens is 524 g/mol. The number of carbonyl (C=O) groups excluding carboxylic acids is 2. The monoisotopic (exact) mass is 562 g/mol. The molecule has 39 heavy (non-hydrogen) atoms. The van der Waals surface area contributed by atoms with Crippen molar-refractivity contribution in [1.29, 1.82) is 0 Å². The van der Waals surface area contributed by atoms with Gasteiger partial charge in [0.25, 0.3) is 0 Å². The second kappa shape index (κ2) is 11.1. The van der Waals surface area contributed by atoms with Gasteiger partial charge in [0, 0.05) is 20.6 Å². The van der Waals surface area contributed by atoms with Gasteiger partial charge in [0.1, 0.15) is 23.0 Å². The summed E-state index contributed by atoms with van der Waals surface area (Å²) in [7, 11) is 4.64. The molecule has 10 heteroatoms. The zero-order chi connectivity index (χ0) is 28.7. The lowest BCUT2D eigenvalue weighted by molar-refractivity contribution is -0.143. The number of carbonyl (C=O) groups is 2. The lowest BCUT2D eigenvalue weighted by atomic mass is 9.84. The number of benzene rings is 1. The van der Waals surface area contributed by atoms with Crippen molar-refractivity contribution >= 4 is 29.3 Å². The number of anilines is 1. The van der Waals surface area contributed by atoms with E-state index in [1.165, 1.54) is 19.1 Å². The van der Waals surface area contributed by atoms with Crippen molar-refractivity contribution in [3.05, 3.63) is 46.5 Å². The van der Waals surface area contributed by atoms with Crippen molar-refractivity contribution in [2.24, 2.45) is 17.3 Å². The second-order valence-electron chi connectivity index (χ2n) is 11.4. The number of fused-ring (bicyclic) bond motifs is 5. The number of amides is 2. The Morgan fingerprint density at radius 2 is 1.95 bits per heavy atom. The topological polar surface area (TPSA) is 118 Å². The second-order valence-corrected chi connectivity index (χ2v) is 11.8. The molecule has 2 fully saturated rings. The van der Waals surface area contributed by atoms with Gasteiger partial charge in [-0.15, -0.1) is 0 Å². The Morgan fingerprint density at radius 3 is 2.62 bits per heavy atom. The Labute approximate surface area is 234 Å². The summed E-state index contributed by atoms with van der Waals surface area (Å²) >= 11 is 6.60. The smallest absolute Gasteiger partial charge is 0.409 e. The van der Waals surface area contributed by atoms with Crippen LogP contribution < -0.4 is 15.0 Å². The molecule has 0 aromatic heterocycles. The number of allylic oxidation sites excluding steroid dienone is 3. The van der Waals surface area contributed by atoms with Gasteiger partial charge in [0.05, 0.1) is 25.3 Å². The van der Waals surface area contributed by atoms with Crippen LogP contribution in [0.25, 0.3) is 0 Å². The third-order valence-electron chi connectivity index (χ3n) is 8.70. The summed E-state index contributed by atoms with van der Waals surface area (Å²) in [6.45, 7) is 5.84. The minimum atomic E-state index is -1.68. The van der Waals surface area contributed by atoms with E-state index in [0.29, 0.717) is 29.3 Å². The van der Waals surface area contributed by atoms with E-state index in [-0.39, 0.29) is 30.6 Å². The molecule has 3 N–H and O–H groups in total. The molecule has 1 aromatic carbocycles. The van der Waals surface area contributed by atoms with Crippen molar-refractivity contribution in [3.8, 4) is 5.75 Å². The Balaban J connectivity index is 1.74. The first-order valence-corrected chi connectivity index (χ1v) is 13.6. The summed E-state index contributed by atoms with van der Waals surface area (Å²) in [5.41, 5.74) is 0.158. The number of nitrogens with zero attached hydrogens (tertiary/aromatic N) is 1. The van der Waals surface area contributed by atoms with Gasteiger partial charge in [-0.2, -0.15) is 0 Å². The van der Waals surface area contributed by atoms with Gasteiger partial charge >= 0.3 is 6.09 Å². The molecular formula is C29H39ClN2O7. The van der Waals surface area contributed by atoms with Crippen LogP contribution >= 0.6 is 11.6 Å².